The van der Waals surface area contributed by atoms with Crippen LogP contribution in [0.4, 0.5) is 5.69 Å². The Morgan fingerprint density at radius 1 is 1.08 bits per heavy atom. The number of amides is 2. The van der Waals surface area contributed by atoms with E-state index in [-0.39, 0.29) is 43.8 Å². The fraction of sp³-hybridized carbons (Fsp3) is 0.462. The fourth-order valence-corrected chi connectivity index (χ4v) is 4.95. The molecule has 0 saturated carbocycles. The van der Waals surface area contributed by atoms with Gasteiger partial charge in [-0.2, -0.15) is 0 Å². The van der Waals surface area contributed by atoms with Crippen molar-refractivity contribution < 1.29 is 22.7 Å². The summed E-state index contributed by atoms with van der Waals surface area (Å²) < 4.78 is 31.5. The highest BCUT2D eigenvalue weighted by Crippen LogP contribution is 2.28. The molecule has 0 bridgehead atoms. The van der Waals surface area contributed by atoms with E-state index < -0.39 is 16.1 Å². The summed E-state index contributed by atoms with van der Waals surface area (Å²) in [7, 11) is -2.02. The lowest BCUT2D eigenvalue weighted by Crippen LogP contribution is -2.49. The number of halogens is 1. The Morgan fingerprint density at radius 2 is 1.72 bits per heavy atom. The van der Waals surface area contributed by atoms with Gasteiger partial charge in [0.2, 0.25) is 21.8 Å². The number of carbonyl (C=O) groups excluding carboxylic acids is 2. The molecule has 0 fully saturated rings. The number of methoxy groups -OCH3 is 1. The first-order valence-corrected chi connectivity index (χ1v) is 14.0. The number of nitrogens with zero attached hydrogens (tertiary/aromatic N) is 2. The molecule has 1 N–H and O–H groups in total. The highest BCUT2D eigenvalue weighted by Gasteiger charge is 2.27. The maximum atomic E-state index is 13.3. The Morgan fingerprint density at radius 3 is 2.28 bits per heavy atom. The van der Waals surface area contributed by atoms with Crippen LogP contribution in [0.25, 0.3) is 0 Å². The standard InChI is InChI=1S/C26H36ClN3O5S/c1-18(2)28-26(32)20(4)29(17-21-12-14-22(35-5)15-13-21)25(31)11-8-16-30(36(6,33)34)24-10-7-9-23(27)19(24)3/h7,9-10,12-15,18,20H,8,11,16-17H2,1-6H3,(H,28,32)/t20-/m0/s1. The first-order valence-electron chi connectivity index (χ1n) is 11.8. The molecule has 0 aliphatic rings. The number of anilines is 1. The molecule has 0 saturated heterocycles. The van der Waals surface area contributed by atoms with Crippen LogP contribution >= 0.6 is 11.6 Å². The second-order valence-electron chi connectivity index (χ2n) is 9.03. The van der Waals surface area contributed by atoms with Crippen LogP contribution in [0.2, 0.25) is 5.02 Å². The molecule has 1 atom stereocenters. The van der Waals surface area contributed by atoms with E-state index in [4.69, 9.17) is 16.3 Å². The van der Waals surface area contributed by atoms with Crippen LogP contribution in [0.1, 0.15) is 44.7 Å². The monoisotopic (exact) mass is 537 g/mol. The van der Waals surface area contributed by atoms with Gasteiger partial charge in [0.05, 0.1) is 19.1 Å². The molecule has 0 radical (unpaired) electrons. The molecule has 0 spiro atoms. The minimum atomic E-state index is -3.60. The predicted octanol–water partition coefficient (Wildman–Crippen LogP) is 4.15. The van der Waals surface area contributed by atoms with E-state index in [1.54, 1.807) is 51.3 Å². The van der Waals surface area contributed by atoms with Crippen molar-refractivity contribution in [2.24, 2.45) is 0 Å². The van der Waals surface area contributed by atoms with E-state index in [2.05, 4.69) is 5.32 Å². The van der Waals surface area contributed by atoms with Gasteiger partial charge >= 0.3 is 0 Å². The Kier molecular flexibility index (Phi) is 10.6. The number of benzene rings is 2. The van der Waals surface area contributed by atoms with Crippen molar-refractivity contribution in [2.45, 2.75) is 59.2 Å². The highest BCUT2D eigenvalue weighted by atomic mass is 35.5. The number of hydrogen-bond donors (Lipinski definition) is 1. The van der Waals surface area contributed by atoms with Crippen molar-refractivity contribution in [2.75, 3.05) is 24.2 Å². The highest BCUT2D eigenvalue weighted by molar-refractivity contribution is 7.92. The maximum Gasteiger partial charge on any atom is 0.242 e. The minimum absolute atomic E-state index is 0.0675. The van der Waals surface area contributed by atoms with Gasteiger partial charge in [0.25, 0.3) is 0 Å². The van der Waals surface area contributed by atoms with Gasteiger partial charge < -0.3 is 15.0 Å². The summed E-state index contributed by atoms with van der Waals surface area (Å²) in [6.07, 6.45) is 1.47. The number of nitrogens with one attached hydrogen (secondary N) is 1. The summed E-state index contributed by atoms with van der Waals surface area (Å²) in [6, 6.07) is 11.6. The normalized spacial score (nSPS) is 12.2. The Labute approximate surface area is 219 Å². The van der Waals surface area contributed by atoms with E-state index in [0.717, 1.165) is 11.8 Å². The molecule has 0 unspecified atom stereocenters. The zero-order valence-corrected chi connectivity index (χ0v) is 23.3. The molecule has 2 rings (SSSR count). The molecule has 2 aromatic rings. The predicted molar refractivity (Wildman–Crippen MR) is 144 cm³/mol. The van der Waals surface area contributed by atoms with E-state index in [9.17, 15) is 18.0 Å². The molecule has 0 aliphatic carbocycles. The third-order valence-electron chi connectivity index (χ3n) is 5.77. The van der Waals surface area contributed by atoms with Crippen LogP contribution in [-0.2, 0) is 26.2 Å². The van der Waals surface area contributed by atoms with Crippen LogP contribution in [0.3, 0.4) is 0 Å². The summed E-state index contributed by atoms with van der Waals surface area (Å²) in [6.45, 7) is 7.51. The molecule has 2 amide bonds. The quantitative estimate of drug-likeness (QED) is 0.439. The number of rotatable bonds is 12. The number of carbonyl (C=O) groups is 2. The van der Waals surface area contributed by atoms with Crippen LogP contribution in [0.15, 0.2) is 42.5 Å². The van der Waals surface area contributed by atoms with Gasteiger partial charge in [-0.05, 0) is 69.5 Å². The van der Waals surface area contributed by atoms with E-state index in [0.29, 0.717) is 22.0 Å². The van der Waals surface area contributed by atoms with Crippen molar-refractivity contribution in [3.05, 3.63) is 58.6 Å². The van der Waals surface area contributed by atoms with Gasteiger partial charge in [-0.15, -0.1) is 0 Å². The largest absolute Gasteiger partial charge is 0.497 e. The third kappa shape index (κ3) is 8.13. The molecular weight excluding hydrogens is 502 g/mol. The molecule has 2 aromatic carbocycles. The van der Waals surface area contributed by atoms with Crippen LogP contribution in [0.5, 0.6) is 5.75 Å². The fourth-order valence-electron chi connectivity index (χ4n) is 3.76. The van der Waals surface area contributed by atoms with Crippen molar-refractivity contribution in [1.29, 1.82) is 0 Å². The topological polar surface area (TPSA) is 96.0 Å². The molecule has 0 aliphatic heterocycles. The lowest BCUT2D eigenvalue weighted by molar-refractivity contribution is -0.140. The second kappa shape index (κ2) is 13.0. The zero-order chi connectivity index (χ0) is 27.0. The molecule has 0 heterocycles. The summed E-state index contributed by atoms with van der Waals surface area (Å²) in [5.41, 5.74) is 1.98. The summed E-state index contributed by atoms with van der Waals surface area (Å²) in [5, 5.41) is 3.32. The molecule has 10 heteroatoms. The summed E-state index contributed by atoms with van der Waals surface area (Å²) in [4.78, 5) is 27.6. The van der Waals surface area contributed by atoms with E-state index in [1.807, 2.05) is 26.0 Å². The summed E-state index contributed by atoms with van der Waals surface area (Å²) >= 11 is 6.20. The van der Waals surface area contributed by atoms with Gasteiger partial charge in [0.15, 0.2) is 0 Å². The smallest absolute Gasteiger partial charge is 0.242 e. The Hall–Kier alpha value is -2.78. The van der Waals surface area contributed by atoms with Crippen LogP contribution in [-0.4, -0.2) is 57.1 Å². The van der Waals surface area contributed by atoms with Crippen molar-refractivity contribution in [3.63, 3.8) is 0 Å². The lowest BCUT2D eigenvalue weighted by atomic mass is 10.1. The van der Waals surface area contributed by atoms with Crippen molar-refractivity contribution in [3.8, 4) is 5.75 Å². The van der Waals surface area contributed by atoms with Gasteiger partial charge in [0.1, 0.15) is 11.8 Å². The Balaban J connectivity index is 2.20. The number of sulfonamides is 1. The average Bonchev–Trinajstić information content (AvgIpc) is 2.81. The maximum absolute atomic E-state index is 13.3. The van der Waals surface area contributed by atoms with Crippen LogP contribution in [0, 0.1) is 6.92 Å². The number of hydrogen-bond acceptors (Lipinski definition) is 5. The lowest BCUT2D eigenvalue weighted by Gasteiger charge is -2.30. The first-order chi connectivity index (χ1) is 16.8. The van der Waals surface area contributed by atoms with Gasteiger partial charge in [0, 0.05) is 30.6 Å². The van der Waals surface area contributed by atoms with E-state index >= 15 is 0 Å². The molecule has 36 heavy (non-hydrogen) atoms. The molecule has 8 nitrogen and oxygen atoms in total. The first kappa shape index (κ1) is 29.5. The second-order valence-corrected chi connectivity index (χ2v) is 11.3. The van der Waals surface area contributed by atoms with Crippen molar-refractivity contribution >= 4 is 39.1 Å². The molecule has 0 aromatic heterocycles. The van der Waals surface area contributed by atoms with Gasteiger partial charge in [-0.1, -0.05) is 29.8 Å². The van der Waals surface area contributed by atoms with Gasteiger partial charge in [-0.3, -0.25) is 13.9 Å². The molecular formula is C26H36ClN3O5S. The SMILES string of the molecule is COc1ccc(CN(C(=O)CCCN(c2cccc(Cl)c2C)S(C)(=O)=O)[C@@H](C)C(=O)NC(C)C)cc1. The minimum Gasteiger partial charge on any atom is -0.497 e. The number of ether oxygens (including phenoxy) is 1. The van der Waals surface area contributed by atoms with Crippen molar-refractivity contribution in [1.82, 2.24) is 10.2 Å². The van der Waals surface area contributed by atoms with E-state index in [1.165, 1.54) is 9.21 Å². The molecule has 198 valence electrons. The summed E-state index contributed by atoms with van der Waals surface area (Å²) in [5.74, 6) is 0.201. The Bertz CT molecular complexity index is 1150. The van der Waals surface area contributed by atoms with Crippen LogP contribution < -0.4 is 14.4 Å². The third-order valence-corrected chi connectivity index (χ3v) is 7.36. The average molecular weight is 538 g/mol. The zero-order valence-electron chi connectivity index (χ0n) is 21.7. The van der Waals surface area contributed by atoms with Gasteiger partial charge in [-0.25, -0.2) is 8.42 Å².